The van der Waals surface area contributed by atoms with E-state index in [1.165, 1.54) is 11.8 Å². The fourth-order valence-electron chi connectivity index (χ4n) is 1.18. The lowest BCUT2D eigenvalue weighted by molar-refractivity contribution is -0.159. The first-order valence-corrected chi connectivity index (χ1v) is 7.27. The predicted octanol–water partition coefficient (Wildman–Crippen LogP) is 1.91. The maximum atomic E-state index is 11.3. The molecular formula is C14H18N2O3S. The van der Waals surface area contributed by atoms with Crippen molar-refractivity contribution in [3.63, 3.8) is 0 Å². The molecule has 0 N–H and O–H groups in total. The highest BCUT2D eigenvalue weighted by Crippen LogP contribution is 2.07. The quantitative estimate of drug-likeness (QED) is 0.278. The van der Waals surface area contributed by atoms with Gasteiger partial charge >= 0.3 is 5.97 Å². The minimum Gasteiger partial charge on any atom is -0.458 e. The molecule has 0 aromatic carbocycles. The molecule has 6 heteroatoms. The molecule has 0 atom stereocenters. The lowest BCUT2D eigenvalue weighted by Crippen LogP contribution is -2.26. The van der Waals surface area contributed by atoms with Crippen molar-refractivity contribution in [3.05, 3.63) is 18.0 Å². The van der Waals surface area contributed by atoms with E-state index >= 15 is 0 Å². The zero-order valence-corrected chi connectivity index (χ0v) is 12.9. The molecule has 0 fully saturated rings. The largest absolute Gasteiger partial charge is 0.458 e. The SMILES string of the molecule is CSc1ncc(C#CCOCC(=O)OC(C)(C)C)cn1. The fraction of sp³-hybridized carbons (Fsp3) is 0.500. The summed E-state index contributed by atoms with van der Waals surface area (Å²) in [5.41, 5.74) is 0.214. The Balaban J connectivity index is 2.30. The van der Waals surface area contributed by atoms with Crippen molar-refractivity contribution in [1.82, 2.24) is 9.97 Å². The Labute approximate surface area is 123 Å². The molecule has 5 nitrogen and oxygen atoms in total. The molecule has 1 heterocycles. The minimum atomic E-state index is -0.498. The Morgan fingerprint density at radius 3 is 2.55 bits per heavy atom. The Bertz CT molecular complexity index is 498. The van der Waals surface area contributed by atoms with Gasteiger partial charge in [-0.15, -0.1) is 0 Å². The third kappa shape index (κ3) is 7.12. The van der Waals surface area contributed by atoms with Crippen LogP contribution < -0.4 is 0 Å². The highest BCUT2D eigenvalue weighted by atomic mass is 32.2. The summed E-state index contributed by atoms with van der Waals surface area (Å²) in [6, 6.07) is 0. The van der Waals surface area contributed by atoms with Gasteiger partial charge in [-0.1, -0.05) is 23.6 Å². The average Bonchev–Trinajstić information content (AvgIpc) is 2.37. The van der Waals surface area contributed by atoms with Crippen LogP contribution in [-0.4, -0.2) is 41.0 Å². The first kappa shape index (κ1) is 16.5. The molecule has 0 saturated heterocycles. The number of hydrogen-bond donors (Lipinski definition) is 0. The van der Waals surface area contributed by atoms with Crippen LogP contribution in [0, 0.1) is 11.8 Å². The number of carbonyl (C=O) groups is 1. The van der Waals surface area contributed by atoms with E-state index in [1.807, 2.05) is 27.0 Å². The van der Waals surface area contributed by atoms with Crippen molar-refractivity contribution in [2.75, 3.05) is 19.5 Å². The van der Waals surface area contributed by atoms with Crippen molar-refractivity contribution in [2.45, 2.75) is 31.5 Å². The number of hydrogen-bond acceptors (Lipinski definition) is 6. The predicted molar refractivity (Wildman–Crippen MR) is 77.4 cm³/mol. The third-order valence-corrected chi connectivity index (χ3v) is 2.43. The zero-order valence-electron chi connectivity index (χ0n) is 12.1. The van der Waals surface area contributed by atoms with E-state index in [1.54, 1.807) is 12.4 Å². The van der Waals surface area contributed by atoms with Crippen LogP contribution in [0.4, 0.5) is 0 Å². The van der Waals surface area contributed by atoms with Crippen LogP contribution in [0.2, 0.25) is 0 Å². The number of rotatable bonds is 4. The summed E-state index contributed by atoms with van der Waals surface area (Å²) in [5.74, 6) is 5.25. The van der Waals surface area contributed by atoms with Crippen LogP contribution in [0.3, 0.4) is 0 Å². The number of thioether (sulfide) groups is 1. The molecule has 108 valence electrons. The second-order valence-electron chi connectivity index (χ2n) is 4.84. The smallest absolute Gasteiger partial charge is 0.332 e. The van der Waals surface area contributed by atoms with Gasteiger partial charge in [-0.05, 0) is 27.0 Å². The van der Waals surface area contributed by atoms with Crippen molar-refractivity contribution < 1.29 is 14.3 Å². The van der Waals surface area contributed by atoms with Crippen molar-refractivity contribution in [3.8, 4) is 11.8 Å². The maximum absolute atomic E-state index is 11.3. The molecule has 0 aliphatic heterocycles. The van der Waals surface area contributed by atoms with Crippen LogP contribution in [0.1, 0.15) is 26.3 Å². The van der Waals surface area contributed by atoms with Crippen LogP contribution in [0.15, 0.2) is 17.6 Å². The van der Waals surface area contributed by atoms with E-state index in [2.05, 4.69) is 21.8 Å². The molecule has 0 bridgehead atoms. The molecular weight excluding hydrogens is 276 g/mol. The van der Waals surface area contributed by atoms with Gasteiger partial charge in [-0.3, -0.25) is 0 Å². The van der Waals surface area contributed by atoms with E-state index in [-0.39, 0.29) is 13.2 Å². The second kappa shape index (κ2) is 7.88. The van der Waals surface area contributed by atoms with Gasteiger partial charge in [-0.2, -0.15) is 0 Å². The number of carbonyl (C=O) groups excluding carboxylic acids is 1. The van der Waals surface area contributed by atoms with Crippen molar-refractivity contribution >= 4 is 17.7 Å². The summed E-state index contributed by atoms with van der Waals surface area (Å²) in [7, 11) is 0. The van der Waals surface area contributed by atoms with E-state index in [0.717, 1.165) is 0 Å². The molecule has 0 unspecified atom stereocenters. The second-order valence-corrected chi connectivity index (χ2v) is 5.61. The van der Waals surface area contributed by atoms with Crippen molar-refractivity contribution in [1.29, 1.82) is 0 Å². The Hall–Kier alpha value is -1.58. The standard InChI is InChI=1S/C14H18N2O3S/c1-14(2,3)19-12(17)10-18-7-5-6-11-8-15-13(20-4)16-9-11/h8-9H,7,10H2,1-4H3. The van der Waals surface area contributed by atoms with Gasteiger partial charge in [0.05, 0.1) is 5.56 Å². The van der Waals surface area contributed by atoms with E-state index in [4.69, 9.17) is 9.47 Å². The molecule has 0 saturated carbocycles. The Morgan fingerprint density at radius 1 is 1.35 bits per heavy atom. The molecule has 0 amide bonds. The summed E-state index contributed by atoms with van der Waals surface area (Å²) in [5, 5.41) is 0.705. The Kier molecular flexibility index (Phi) is 6.49. The van der Waals surface area contributed by atoms with Crippen LogP contribution in [0.25, 0.3) is 0 Å². The summed E-state index contributed by atoms with van der Waals surface area (Å²) in [6.07, 6.45) is 5.21. The number of aromatic nitrogens is 2. The van der Waals surface area contributed by atoms with Crippen LogP contribution >= 0.6 is 11.8 Å². The van der Waals surface area contributed by atoms with Crippen molar-refractivity contribution in [2.24, 2.45) is 0 Å². The van der Waals surface area contributed by atoms with Gasteiger partial charge in [0.25, 0.3) is 0 Å². The molecule has 20 heavy (non-hydrogen) atoms. The van der Waals surface area contributed by atoms with Crippen LogP contribution in [-0.2, 0) is 14.3 Å². The van der Waals surface area contributed by atoms with Gasteiger partial charge in [-0.25, -0.2) is 14.8 Å². The first-order valence-electron chi connectivity index (χ1n) is 6.05. The summed E-state index contributed by atoms with van der Waals surface area (Å²) < 4.78 is 10.2. The molecule has 1 rings (SSSR count). The molecule has 1 aromatic heterocycles. The Morgan fingerprint density at radius 2 is 2.00 bits per heavy atom. The van der Waals surface area contributed by atoms with E-state index in [9.17, 15) is 4.79 Å². The molecule has 0 spiro atoms. The molecule has 0 aliphatic rings. The minimum absolute atomic E-state index is 0.103. The first-order chi connectivity index (χ1) is 9.40. The fourth-order valence-corrected chi connectivity index (χ4v) is 1.50. The topological polar surface area (TPSA) is 61.3 Å². The highest BCUT2D eigenvalue weighted by molar-refractivity contribution is 7.98. The monoisotopic (exact) mass is 294 g/mol. The number of esters is 1. The maximum Gasteiger partial charge on any atom is 0.332 e. The number of nitrogens with zero attached hydrogens (tertiary/aromatic N) is 2. The molecule has 1 aromatic rings. The van der Waals surface area contributed by atoms with Crippen LogP contribution in [0.5, 0.6) is 0 Å². The lowest BCUT2D eigenvalue weighted by atomic mass is 10.2. The third-order valence-electron chi connectivity index (χ3n) is 1.86. The van der Waals surface area contributed by atoms with Gasteiger partial charge in [0.1, 0.15) is 18.8 Å². The van der Waals surface area contributed by atoms with E-state index < -0.39 is 11.6 Å². The normalized spacial score (nSPS) is 10.6. The van der Waals surface area contributed by atoms with Gasteiger partial charge < -0.3 is 9.47 Å². The number of ether oxygens (including phenoxy) is 2. The average molecular weight is 294 g/mol. The molecule has 0 radical (unpaired) electrons. The summed E-state index contributed by atoms with van der Waals surface area (Å²) >= 11 is 1.47. The van der Waals surface area contributed by atoms with Gasteiger partial charge in [0.15, 0.2) is 5.16 Å². The zero-order chi connectivity index (χ0) is 15.0. The highest BCUT2D eigenvalue weighted by Gasteiger charge is 2.15. The van der Waals surface area contributed by atoms with Gasteiger partial charge in [0.2, 0.25) is 0 Å². The van der Waals surface area contributed by atoms with E-state index in [0.29, 0.717) is 10.7 Å². The summed E-state index contributed by atoms with van der Waals surface area (Å²) in [6.45, 7) is 5.48. The summed E-state index contributed by atoms with van der Waals surface area (Å²) in [4.78, 5) is 19.5. The lowest BCUT2D eigenvalue weighted by Gasteiger charge is -2.19. The molecule has 0 aliphatic carbocycles. The van der Waals surface area contributed by atoms with Gasteiger partial charge in [0, 0.05) is 12.4 Å².